The Hall–Kier alpha value is -5.67. The normalized spacial score (nSPS) is 8.89. The zero-order valence-electron chi connectivity index (χ0n) is 36.2. The summed E-state index contributed by atoms with van der Waals surface area (Å²) in [7, 11) is 0. The predicted molar refractivity (Wildman–Crippen MR) is 244 cm³/mol. The second kappa shape index (κ2) is 35.1. The second-order valence-corrected chi connectivity index (χ2v) is 12.1. The Morgan fingerprint density at radius 3 is 0.429 bits per heavy atom. The van der Waals surface area contributed by atoms with Crippen molar-refractivity contribution >= 4 is 17.3 Å². The number of hydrogen-bond acceptors (Lipinski definition) is 3. The van der Waals surface area contributed by atoms with Crippen LogP contribution in [0.4, 0.5) is 0 Å². The second-order valence-electron chi connectivity index (χ2n) is 12.1. The Morgan fingerprint density at radius 1 is 0.250 bits per heavy atom. The number of hydrogen-bond donors (Lipinski definition) is 0. The number of Topliss-reactive ketones (excluding diaryl/α,β-unsaturated/α-hetero) is 3. The number of ketones is 3. The Labute approximate surface area is 340 Å². The van der Waals surface area contributed by atoms with E-state index in [0.717, 1.165) is 0 Å². The van der Waals surface area contributed by atoms with Gasteiger partial charge in [0.2, 0.25) is 0 Å². The molecule has 6 aromatic carbocycles. The first kappa shape index (κ1) is 52.4. The molecule has 0 unspecified atom stereocenters. The molecule has 6 rings (SSSR count). The molecule has 0 N–H and O–H groups in total. The highest BCUT2D eigenvalue weighted by Gasteiger charge is 2.16. The molecule has 0 heterocycles. The molecule has 0 saturated carbocycles. The smallest absolute Gasteiger partial charge is 0.126 e. The molecule has 0 fully saturated rings. The fraction of sp³-hybridized carbons (Fsp3) is 0.264. The van der Waals surface area contributed by atoms with Crippen LogP contribution < -0.4 is 0 Å². The summed E-state index contributed by atoms with van der Waals surface area (Å²) in [6.45, 7) is 21.2. The number of rotatable bonds is 6. The maximum absolute atomic E-state index is 9.44. The number of carbonyl (C=O) groups excluding carboxylic acids is 3. The van der Waals surface area contributed by atoms with E-state index in [-0.39, 0.29) is 17.3 Å². The minimum Gasteiger partial charge on any atom is -0.300 e. The number of benzene rings is 6. The van der Waals surface area contributed by atoms with E-state index in [4.69, 9.17) is 0 Å². The quantitative estimate of drug-likeness (QED) is 0.159. The molecule has 0 aliphatic heterocycles. The fourth-order valence-electron chi connectivity index (χ4n) is 5.03. The van der Waals surface area contributed by atoms with E-state index >= 15 is 0 Å². The van der Waals surface area contributed by atoms with Crippen molar-refractivity contribution in [1.29, 1.82) is 0 Å². The third-order valence-corrected chi connectivity index (χ3v) is 6.80. The maximum Gasteiger partial charge on any atom is 0.126 e. The summed E-state index contributed by atoms with van der Waals surface area (Å²) in [5, 5.41) is 0. The van der Waals surface area contributed by atoms with Crippen LogP contribution in [-0.4, -0.2) is 17.3 Å². The predicted octanol–water partition coefficient (Wildman–Crippen LogP) is 14.6. The van der Waals surface area contributed by atoms with Crippen LogP contribution in [0.1, 0.15) is 128 Å². The molecule has 6 aromatic rings. The maximum atomic E-state index is 9.44. The lowest BCUT2D eigenvalue weighted by atomic mass is 9.85. The Balaban J connectivity index is 0. The van der Waals surface area contributed by atoms with Crippen molar-refractivity contribution in [3.05, 3.63) is 215 Å². The minimum absolute atomic E-state index is 0.167. The van der Waals surface area contributed by atoms with Crippen LogP contribution in [-0.2, 0) is 14.4 Å². The molecule has 3 heteroatoms. The van der Waals surface area contributed by atoms with Gasteiger partial charge in [0, 0.05) is 11.8 Å². The summed E-state index contributed by atoms with van der Waals surface area (Å²) < 4.78 is 0. The largest absolute Gasteiger partial charge is 0.300 e. The Morgan fingerprint density at radius 2 is 0.339 bits per heavy atom. The summed E-state index contributed by atoms with van der Waals surface area (Å²) >= 11 is 0. The summed E-state index contributed by atoms with van der Waals surface area (Å²) in [6, 6.07) is 64.0. The first-order valence-electron chi connectivity index (χ1n) is 19.8. The van der Waals surface area contributed by atoms with E-state index in [0.29, 0.717) is 11.8 Å². The van der Waals surface area contributed by atoms with Crippen molar-refractivity contribution in [2.24, 2.45) is 0 Å². The zero-order valence-corrected chi connectivity index (χ0v) is 36.2. The van der Waals surface area contributed by atoms with Crippen LogP contribution >= 0.6 is 0 Å². The minimum atomic E-state index is 0.167. The molecule has 0 radical (unpaired) electrons. The average molecular weight is 753 g/mol. The standard InChI is InChI=1S/2C19H16.3C3H6O.3C2H6/c2*1-4-10-16(11-5-1)19(17-12-6-2-7-13-17)18-14-8-3-9-15-18;3*1-3(2)4;3*1-2/h2*1-15,19H;3*1-2H3;3*1-2H3. The van der Waals surface area contributed by atoms with Crippen molar-refractivity contribution in [1.82, 2.24) is 0 Å². The summed E-state index contributed by atoms with van der Waals surface area (Å²) in [5.74, 6) is 1.12. The molecule has 298 valence electrons. The SMILES string of the molecule is CC.CC.CC.CC(C)=O.CC(C)=O.CC(C)=O.c1ccc(C(c2ccccc2)c2ccccc2)cc1.c1ccc(C(c2ccccc2)c2ccccc2)cc1. The van der Waals surface area contributed by atoms with Crippen molar-refractivity contribution in [3.63, 3.8) is 0 Å². The molecule has 0 aromatic heterocycles. The Bertz CT molecular complexity index is 1420. The molecule has 0 bridgehead atoms. The van der Waals surface area contributed by atoms with E-state index in [1.165, 1.54) is 74.9 Å². The lowest BCUT2D eigenvalue weighted by Gasteiger charge is -2.18. The van der Waals surface area contributed by atoms with Crippen molar-refractivity contribution < 1.29 is 14.4 Å². The van der Waals surface area contributed by atoms with E-state index in [9.17, 15) is 14.4 Å². The van der Waals surface area contributed by atoms with Gasteiger partial charge in [-0.25, -0.2) is 0 Å². The van der Waals surface area contributed by atoms with Gasteiger partial charge in [0.1, 0.15) is 17.3 Å². The summed E-state index contributed by atoms with van der Waals surface area (Å²) in [6.07, 6.45) is 0. The zero-order chi connectivity index (χ0) is 42.6. The number of carbonyl (C=O) groups is 3. The van der Waals surface area contributed by atoms with Gasteiger partial charge in [-0.2, -0.15) is 0 Å². The van der Waals surface area contributed by atoms with Gasteiger partial charge in [0.05, 0.1) is 0 Å². The van der Waals surface area contributed by atoms with Gasteiger partial charge in [0.15, 0.2) is 0 Å². The van der Waals surface area contributed by atoms with Crippen LogP contribution in [0.15, 0.2) is 182 Å². The molecule has 0 amide bonds. The first-order chi connectivity index (χ1) is 27.1. The van der Waals surface area contributed by atoms with Gasteiger partial charge in [-0.15, -0.1) is 0 Å². The van der Waals surface area contributed by atoms with E-state index in [2.05, 4.69) is 182 Å². The van der Waals surface area contributed by atoms with Gasteiger partial charge in [-0.3, -0.25) is 0 Å². The monoisotopic (exact) mass is 753 g/mol. The third-order valence-electron chi connectivity index (χ3n) is 6.80. The lowest BCUT2D eigenvalue weighted by molar-refractivity contribution is -0.115. The molecule has 3 nitrogen and oxygen atoms in total. The van der Waals surface area contributed by atoms with E-state index in [1.54, 1.807) is 0 Å². The summed E-state index contributed by atoms with van der Waals surface area (Å²) in [4.78, 5) is 28.3. The van der Waals surface area contributed by atoms with E-state index in [1.807, 2.05) is 41.5 Å². The van der Waals surface area contributed by atoms with Crippen LogP contribution in [0, 0.1) is 0 Å². The van der Waals surface area contributed by atoms with Gasteiger partial charge >= 0.3 is 0 Å². The van der Waals surface area contributed by atoms with Crippen molar-refractivity contribution in [3.8, 4) is 0 Å². The van der Waals surface area contributed by atoms with Gasteiger partial charge in [0.25, 0.3) is 0 Å². The topological polar surface area (TPSA) is 51.2 Å². The highest BCUT2D eigenvalue weighted by molar-refractivity contribution is 5.72. The average Bonchev–Trinajstić information content (AvgIpc) is 3.23. The lowest BCUT2D eigenvalue weighted by Crippen LogP contribution is -2.02. The van der Waals surface area contributed by atoms with Crippen LogP contribution in [0.25, 0.3) is 0 Å². The fourth-order valence-corrected chi connectivity index (χ4v) is 5.03. The molecule has 0 atom stereocenters. The molecule has 56 heavy (non-hydrogen) atoms. The van der Waals surface area contributed by atoms with Crippen LogP contribution in [0.5, 0.6) is 0 Å². The van der Waals surface area contributed by atoms with Gasteiger partial charge in [-0.1, -0.05) is 224 Å². The van der Waals surface area contributed by atoms with Gasteiger partial charge in [-0.05, 0) is 74.9 Å². The van der Waals surface area contributed by atoms with Crippen molar-refractivity contribution in [2.45, 2.75) is 94.9 Å². The molecular formula is C53H68O3. The molecule has 0 spiro atoms. The highest BCUT2D eigenvalue weighted by Crippen LogP contribution is 2.32. The first-order valence-corrected chi connectivity index (χ1v) is 19.8. The molecule has 0 saturated heterocycles. The summed E-state index contributed by atoms with van der Waals surface area (Å²) in [5.41, 5.74) is 8.00. The highest BCUT2D eigenvalue weighted by atomic mass is 16.1. The van der Waals surface area contributed by atoms with Crippen LogP contribution in [0.3, 0.4) is 0 Å². The van der Waals surface area contributed by atoms with Crippen molar-refractivity contribution in [2.75, 3.05) is 0 Å². The third kappa shape index (κ3) is 24.6. The van der Waals surface area contributed by atoms with Gasteiger partial charge < -0.3 is 14.4 Å². The molecule has 0 aliphatic carbocycles. The van der Waals surface area contributed by atoms with E-state index < -0.39 is 0 Å². The molecule has 0 aliphatic rings. The van der Waals surface area contributed by atoms with Crippen LogP contribution in [0.2, 0.25) is 0 Å². The Kier molecular flexibility index (Phi) is 32.8. The molecular weight excluding hydrogens is 685 g/mol.